The van der Waals surface area contributed by atoms with E-state index in [2.05, 4.69) is 24.4 Å². The van der Waals surface area contributed by atoms with Crippen molar-refractivity contribution in [2.45, 2.75) is 76.6 Å². The first kappa shape index (κ1) is 32.2. The molecule has 2 atom stereocenters. The third-order valence-electron chi connectivity index (χ3n) is 8.50. The fourth-order valence-corrected chi connectivity index (χ4v) is 6.02. The van der Waals surface area contributed by atoms with E-state index in [4.69, 9.17) is 18.9 Å². The normalized spacial score (nSPS) is 20.4. The second-order valence-electron chi connectivity index (χ2n) is 11.5. The Labute approximate surface area is 250 Å². The molecule has 42 heavy (non-hydrogen) atoms. The Kier molecular flexibility index (Phi) is 12.0. The number of carbonyl (C=O) groups excluding carboxylic acids is 1. The summed E-state index contributed by atoms with van der Waals surface area (Å²) in [6, 6.07) is 10.1. The lowest BCUT2D eigenvalue weighted by Gasteiger charge is -2.44. The summed E-state index contributed by atoms with van der Waals surface area (Å²) in [6.07, 6.45) is 8.19. The standard InChI is InChI=1S/C33H49N3O6/c1-5-6-14-35-15-11-27(22-31(35)37)33(41-4)12-13-34-23-30(33)32(38)36(28-9-10-28)24-26-19-25(8-7-16-39-2)20-29(21-26)42-18-17-40-3/h11,15,19-22,28,30,34H,5-10,12-14,16-18,23-24H2,1-4H3. The summed E-state index contributed by atoms with van der Waals surface area (Å²) in [4.78, 5) is 29.5. The number of aryl methyl sites for hydroxylation is 2. The summed E-state index contributed by atoms with van der Waals surface area (Å²) in [6.45, 7) is 6.17. The van der Waals surface area contributed by atoms with Crippen LogP contribution in [0.5, 0.6) is 5.75 Å². The average Bonchev–Trinajstić information content (AvgIpc) is 3.85. The van der Waals surface area contributed by atoms with Crippen LogP contribution in [0.25, 0.3) is 0 Å². The zero-order valence-electron chi connectivity index (χ0n) is 25.9. The van der Waals surface area contributed by atoms with Gasteiger partial charge >= 0.3 is 0 Å². The smallest absolute Gasteiger partial charge is 0.250 e. The van der Waals surface area contributed by atoms with Crippen LogP contribution in [0, 0.1) is 5.92 Å². The lowest BCUT2D eigenvalue weighted by Crippen LogP contribution is -2.56. The molecule has 1 aliphatic heterocycles. The molecule has 2 fully saturated rings. The number of hydrogen-bond acceptors (Lipinski definition) is 7. The minimum absolute atomic E-state index is 0.0487. The molecule has 2 heterocycles. The fourth-order valence-electron chi connectivity index (χ4n) is 6.02. The molecule has 1 aliphatic carbocycles. The van der Waals surface area contributed by atoms with Crippen LogP contribution < -0.4 is 15.6 Å². The van der Waals surface area contributed by atoms with Crippen molar-refractivity contribution < 1.29 is 23.7 Å². The third-order valence-corrected chi connectivity index (χ3v) is 8.50. The van der Waals surface area contributed by atoms with Crippen molar-refractivity contribution in [3.63, 3.8) is 0 Å². The topological polar surface area (TPSA) is 91.3 Å². The number of aromatic nitrogens is 1. The average molecular weight is 584 g/mol. The van der Waals surface area contributed by atoms with E-state index in [1.165, 1.54) is 0 Å². The largest absolute Gasteiger partial charge is 0.491 e. The van der Waals surface area contributed by atoms with Crippen molar-refractivity contribution in [1.82, 2.24) is 14.8 Å². The van der Waals surface area contributed by atoms with Gasteiger partial charge in [0.25, 0.3) is 5.56 Å². The predicted molar refractivity (Wildman–Crippen MR) is 163 cm³/mol. The summed E-state index contributed by atoms with van der Waals surface area (Å²) in [5.41, 5.74) is 2.08. The maximum atomic E-state index is 14.5. The highest BCUT2D eigenvalue weighted by molar-refractivity contribution is 5.81. The number of nitrogens with one attached hydrogen (secondary N) is 1. The van der Waals surface area contributed by atoms with Gasteiger partial charge in [0.2, 0.25) is 5.91 Å². The van der Waals surface area contributed by atoms with Crippen LogP contribution in [0.1, 0.15) is 62.1 Å². The third kappa shape index (κ3) is 8.01. The van der Waals surface area contributed by atoms with Crippen molar-refractivity contribution >= 4 is 5.91 Å². The maximum absolute atomic E-state index is 14.5. The van der Waals surface area contributed by atoms with Crippen molar-refractivity contribution in [2.24, 2.45) is 5.92 Å². The zero-order chi connectivity index (χ0) is 30.0. The Morgan fingerprint density at radius 1 is 1.05 bits per heavy atom. The molecule has 2 aliphatic rings. The van der Waals surface area contributed by atoms with Gasteiger partial charge in [-0.25, -0.2) is 0 Å². The fraction of sp³-hybridized carbons (Fsp3) is 0.636. The first-order chi connectivity index (χ1) is 20.4. The van der Waals surface area contributed by atoms with Gasteiger partial charge in [0, 0.05) is 65.9 Å². The molecule has 4 rings (SSSR count). The van der Waals surface area contributed by atoms with Gasteiger partial charge in [-0.3, -0.25) is 9.59 Å². The number of hydrogen-bond donors (Lipinski definition) is 1. The van der Waals surface area contributed by atoms with Gasteiger partial charge in [0.05, 0.1) is 12.5 Å². The molecular formula is C33H49N3O6. The lowest BCUT2D eigenvalue weighted by molar-refractivity contribution is -0.155. The number of carbonyl (C=O) groups is 1. The zero-order valence-corrected chi connectivity index (χ0v) is 25.9. The van der Waals surface area contributed by atoms with E-state index in [0.29, 0.717) is 52.4 Å². The summed E-state index contributed by atoms with van der Waals surface area (Å²) in [5.74, 6) is 0.396. The number of unbranched alkanes of at least 4 members (excludes halogenated alkanes) is 1. The van der Waals surface area contributed by atoms with E-state index >= 15 is 0 Å². The van der Waals surface area contributed by atoms with E-state index in [1.54, 1.807) is 32.0 Å². The molecule has 9 nitrogen and oxygen atoms in total. The molecule has 9 heteroatoms. The van der Waals surface area contributed by atoms with Crippen LogP contribution in [0.15, 0.2) is 41.3 Å². The molecule has 1 amide bonds. The Morgan fingerprint density at radius 2 is 1.83 bits per heavy atom. The number of piperidine rings is 1. The molecule has 1 aromatic carbocycles. The number of methoxy groups -OCH3 is 3. The minimum atomic E-state index is -0.866. The first-order valence-electron chi connectivity index (χ1n) is 15.5. The molecule has 1 saturated heterocycles. The molecule has 1 saturated carbocycles. The second kappa shape index (κ2) is 15.7. The highest BCUT2D eigenvalue weighted by atomic mass is 16.5. The molecule has 0 bridgehead atoms. The van der Waals surface area contributed by atoms with Crippen molar-refractivity contribution in [3.8, 4) is 5.75 Å². The number of benzene rings is 1. The van der Waals surface area contributed by atoms with Crippen LogP contribution in [-0.4, -0.2) is 75.7 Å². The molecule has 2 aromatic rings. The van der Waals surface area contributed by atoms with Gasteiger partial charge in [-0.1, -0.05) is 19.4 Å². The number of amides is 1. The highest BCUT2D eigenvalue weighted by Gasteiger charge is 2.49. The van der Waals surface area contributed by atoms with Crippen LogP contribution in [0.3, 0.4) is 0 Å². The lowest BCUT2D eigenvalue weighted by atomic mass is 9.75. The number of rotatable bonds is 17. The molecular weight excluding hydrogens is 534 g/mol. The minimum Gasteiger partial charge on any atom is -0.491 e. The number of nitrogens with zero attached hydrogens (tertiary/aromatic N) is 2. The van der Waals surface area contributed by atoms with Gasteiger partial charge in [-0.2, -0.15) is 0 Å². The first-order valence-corrected chi connectivity index (χ1v) is 15.5. The van der Waals surface area contributed by atoms with Crippen LogP contribution in [0.2, 0.25) is 0 Å². The highest BCUT2D eigenvalue weighted by Crippen LogP contribution is 2.41. The van der Waals surface area contributed by atoms with Crippen LogP contribution in [0.4, 0.5) is 0 Å². The molecule has 0 spiro atoms. The van der Waals surface area contributed by atoms with Gasteiger partial charge in [-0.15, -0.1) is 0 Å². The van der Waals surface area contributed by atoms with E-state index in [1.807, 2.05) is 23.2 Å². The van der Waals surface area contributed by atoms with Crippen LogP contribution in [-0.2, 0) is 44.1 Å². The number of ether oxygens (including phenoxy) is 4. The number of pyridine rings is 1. The Bertz CT molecular complexity index is 1180. The maximum Gasteiger partial charge on any atom is 0.250 e. The van der Waals surface area contributed by atoms with E-state index in [0.717, 1.165) is 61.0 Å². The molecule has 232 valence electrons. The second-order valence-corrected chi connectivity index (χ2v) is 11.5. The summed E-state index contributed by atoms with van der Waals surface area (Å²) >= 11 is 0. The van der Waals surface area contributed by atoms with Crippen molar-refractivity contribution in [3.05, 3.63) is 63.6 Å². The Hall–Kier alpha value is -2.72. The SMILES string of the molecule is CCCCn1ccc(C2(OC)CCNCC2C(=O)N(Cc2cc(CCCOC)cc(OCCOC)c2)C2CC2)cc1=O. The molecule has 2 unspecified atom stereocenters. The molecule has 1 N–H and O–H groups in total. The monoisotopic (exact) mass is 583 g/mol. The quantitative estimate of drug-likeness (QED) is 0.283. The van der Waals surface area contributed by atoms with Crippen molar-refractivity contribution in [1.29, 1.82) is 0 Å². The van der Waals surface area contributed by atoms with Gasteiger partial charge in [-0.05, 0) is 80.0 Å². The Balaban J connectivity index is 1.61. The van der Waals surface area contributed by atoms with Gasteiger partial charge in [0.15, 0.2) is 0 Å². The Morgan fingerprint density at radius 3 is 2.52 bits per heavy atom. The van der Waals surface area contributed by atoms with Crippen LogP contribution >= 0.6 is 0 Å². The summed E-state index contributed by atoms with van der Waals surface area (Å²) in [5, 5.41) is 3.43. The van der Waals surface area contributed by atoms with Gasteiger partial charge in [0.1, 0.15) is 18.0 Å². The van der Waals surface area contributed by atoms with Gasteiger partial charge < -0.3 is 33.7 Å². The molecule has 1 aromatic heterocycles. The summed E-state index contributed by atoms with van der Waals surface area (Å²) in [7, 11) is 5.04. The van der Waals surface area contributed by atoms with Crippen molar-refractivity contribution in [2.75, 3.05) is 54.2 Å². The summed E-state index contributed by atoms with van der Waals surface area (Å²) < 4.78 is 24.4. The van der Waals surface area contributed by atoms with E-state index in [9.17, 15) is 9.59 Å². The van der Waals surface area contributed by atoms with E-state index in [-0.39, 0.29) is 17.5 Å². The predicted octanol–water partition coefficient (Wildman–Crippen LogP) is 3.90. The van der Waals surface area contributed by atoms with E-state index < -0.39 is 11.5 Å². The molecule has 0 radical (unpaired) electrons.